The molecule has 9 nitrogen and oxygen atoms in total. The van der Waals surface area contributed by atoms with Crippen LogP contribution in [0.4, 0.5) is 23.0 Å². The third kappa shape index (κ3) is 4.57. The fourth-order valence-corrected chi connectivity index (χ4v) is 2.00. The summed E-state index contributed by atoms with van der Waals surface area (Å²) in [5.74, 6) is 0.900. The van der Waals surface area contributed by atoms with Gasteiger partial charge in [0.2, 0.25) is 0 Å². The summed E-state index contributed by atoms with van der Waals surface area (Å²) in [6, 6.07) is 12.6. The Morgan fingerprint density at radius 2 is 1.77 bits per heavy atom. The molecule has 1 aromatic carbocycles. The zero-order valence-corrected chi connectivity index (χ0v) is 13.7. The first-order valence-corrected chi connectivity index (χ1v) is 7.72. The van der Waals surface area contributed by atoms with Crippen molar-refractivity contribution in [2.45, 2.75) is 0 Å². The fourth-order valence-electron chi connectivity index (χ4n) is 2.00. The van der Waals surface area contributed by atoms with Gasteiger partial charge in [0.15, 0.2) is 18.2 Å². The number of nitrogens with zero attached hydrogens (tertiary/aromatic N) is 3. The van der Waals surface area contributed by atoms with Crippen LogP contribution in [0.15, 0.2) is 61.2 Å². The number of carbonyl (C=O) groups is 1. The largest absolute Gasteiger partial charge is 0.484 e. The fraction of sp³-hybridized carbons (Fsp3) is 0.0588. The van der Waals surface area contributed by atoms with Crippen molar-refractivity contribution in [1.29, 1.82) is 0 Å². The second-order valence-corrected chi connectivity index (χ2v) is 5.12. The standard InChI is InChI=1S/C17H17N7O2/c18-15-16(22-12-6-8-19-9-7-12)20-11-21-17(15)24-23-14(25)10-26-13-4-2-1-3-5-13/h1-9,11H,10,18H2,(H,23,25)(H2,19,20,21,22,24). The third-order valence-electron chi connectivity index (χ3n) is 3.26. The molecule has 1 amide bonds. The Balaban J connectivity index is 1.56. The van der Waals surface area contributed by atoms with Gasteiger partial charge in [-0.15, -0.1) is 0 Å². The number of ether oxygens (including phenoxy) is 1. The maximum absolute atomic E-state index is 11.9. The Hall–Kier alpha value is -3.88. The number of rotatable bonds is 7. The number of hydrogen-bond donors (Lipinski definition) is 4. The lowest BCUT2D eigenvalue weighted by Crippen LogP contribution is -2.34. The minimum absolute atomic E-state index is 0.149. The Morgan fingerprint density at radius 3 is 2.54 bits per heavy atom. The molecule has 0 radical (unpaired) electrons. The lowest BCUT2D eigenvalue weighted by atomic mass is 10.3. The van der Waals surface area contributed by atoms with Crippen LogP contribution in [0.3, 0.4) is 0 Å². The summed E-state index contributed by atoms with van der Waals surface area (Å²) in [7, 11) is 0. The first kappa shape index (κ1) is 17.0. The molecular weight excluding hydrogens is 334 g/mol. The van der Waals surface area contributed by atoms with E-state index in [1.165, 1.54) is 6.33 Å². The lowest BCUT2D eigenvalue weighted by Gasteiger charge is -2.13. The molecule has 0 aliphatic heterocycles. The van der Waals surface area contributed by atoms with Gasteiger partial charge in [-0.25, -0.2) is 9.97 Å². The molecule has 0 unspecified atom stereocenters. The molecule has 2 aromatic heterocycles. The van der Waals surface area contributed by atoms with Crippen molar-refractivity contribution in [2.75, 3.05) is 23.1 Å². The van der Waals surface area contributed by atoms with E-state index in [9.17, 15) is 4.79 Å². The highest BCUT2D eigenvalue weighted by Crippen LogP contribution is 2.24. The van der Waals surface area contributed by atoms with E-state index in [2.05, 4.69) is 31.1 Å². The molecule has 0 atom stereocenters. The van der Waals surface area contributed by atoms with E-state index in [4.69, 9.17) is 10.5 Å². The highest BCUT2D eigenvalue weighted by Gasteiger charge is 2.10. The number of benzene rings is 1. The van der Waals surface area contributed by atoms with E-state index >= 15 is 0 Å². The molecule has 9 heteroatoms. The van der Waals surface area contributed by atoms with Gasteiger partial charge >= 0.3 is 0 Å². The van der Waals surface area contributed by atoms with E-state index in [0.717, 1.165) is 5.69 Å². The van der Waals surface area contributed by atoms with Crippen molar-refractivity contribution in [3.63, 3.8) is 0 Å². The summed E-state index contributed by atoms with van der Waals surface area (Å²) in [6.45, 7) is -0.149. The Kier molecular flexibility index (Phi) is 5.41. The maximum atomic E-state index is 11.9. The van der Waals surface area contributed by atoms with Crippen LogP contribution in [0.2, 0.25) is 0 Å². The molecule has 0 fully saturated rings. The van der Waals surface area contributed by atoms with Crippen LogP contribution in [0.25, 0.3) is 0 Å². The number of amides is 1. The van der Waals surface area contributed by atoms with Crippen molar-refractivity contribution in [3.05, 3.63) is 61.2 Å². The number of nitrogens with two attached hydrogens (primary N) is 1. The topological polar surface area (TPSA) is 127 Å². The third-order valence-corrected chi connectivity index (χ3v) is 3.26. The molecule has 0 saturated carbocycles. The molecule has 2 heterocycles. The van der Waals surface area contributed by atoms with E-state index in [-0.39, 0.29) is 24.0 Å². The number of anilines is 4. The van der Waals surface area contributed by atoms with Crippen molar-refractivity contribution < 1.29 is 9.53 Å². The number of nitrogens with one attached hydrogen (secondary N) is 3. The molecule has 0 bridgehead atoms. The van der Waals surface area contributed by atoms with Crippen molar-refractivity contribution >= 4 is 28.9 Å². The van der Waals surface area contributed by atoms with Gasteiger partial charge in [-0.3, -0.25) is 20.6 Å². The molecule has 132 valence electrons. The molecule has 0 aliphatic carbocycles. The smallest absolute Gasteiger partial charge is 0.276 e. The van der Waals surface area contributed by atoms with Crippen LogP contribution < -0.4 is 26.6 Å². The van der Waals surface area contributed by atoms with Crippen LogP contribution in [0.1, 0.15) is 0 Å². The van der Waals surface area contributed by atoms with E-state index < -0.39 is 0 Å². The average molecular weight is 351 g/mol. The molecule has 26 heavy (non-hydrogen) atoms. The first-order valence-electron chi connectivity index (χ1n) is 7.72. The van der Waals surface area contributed by atoms with Crippen LogP contribution in [0.5, 0.6) is 5.75 Å². The van der Waals surface area contributed by atoms with Crippen LogP contribution in [-0.2, 0) is 4.79 Å². The Labute approximate surface area is 149 Å². The zero-order valence-electron chi connectivity index (χ0n) is 13.7. The minimum Gasteiger partial charge on any atom is -0.484 e. The van der Waals surface area contributed by atoms with E-state index in [1.54, 1.807) is 36.7 Å². The normalized spacial score (nSPS) is 10.0. The monoisotopic (exact) mass is 351 g/mol. The van der Waals surface area contributed by atoms with Gasteiger partial charge < -0.3 is 15.8 Å². The van der Waals surface area contributed by atoms with Gasteiger partial charge in [-0.2, -0.15) is 0 Å². The quantitative estimate of drug-likeness (QED) is 0.474. The highest BCUT2D eigenvalue weighted by molar-refractivity contribution is 5.82. The number of carbonyl (C=O) groups excluding carboxylic acids is 1. The summed E-state index contributed by atoms with van der Waals surface area (Å²) in [5, 5.41) is 3.05. The average Bonchev–Trinajstić information content (AvgIpc) is 2.69. The summed E-state index contributed by atoms with van der Waals surface area (Å²) >= 11 is 0. The Morgan fingerprint density at radius 1 is 1.04 bits per heavy atom. The van der Waals surface area contributed by atoms with Gasteiger partial charge in [0.1, 0.15) is 17.8 Å². The van der Waals surface area contributed by atoms with Crippen LogP contribution in [-0.4, -0.2) is 27.5 Å². The van der Waals surface area contributed by atoms with E-state index in [1.807, 2.05) is 18.2 Å². The summed E-state index contributed by atoms with van der Waals surface area (Å²) in [5.41, 5.74) is 12.2. The van der Waals surface area contributed by atoms with Gasteiger partial charge in [-0.1, -0.05) is 18.2 Å². The number of pyridine rings is 1. The molecule has 0 saturated heterocycles. The van der Waals surface area contributed by atoms with Gasteiger partial charge in [-0.05, 0) is 24.3 Å². The van der Waals surface area contributed by atoms with Gasteiger partial charge in [0.05, 0.1) is 0 Å². The number of hydrogen-bond acceptors (Lipinski definition) is 8. The summed E-state index contributed by atoms with van der Waals surface area (Å²) in [6.07, 6.45) is 4.62. The molecular formula is C17H17N7O2. The predicted octanol–water partition coefficient (Wildman–Crippen LogP) is 1.72. The van der Waals surface area contributed by atoms with Crippen molar-refractivity contribution in [1.82, 2.24) is 20.4 Å². The molecule has 5 N–H and O–H groups in total. The van der Waals surface area contributed by atoms with E-state index in [0.29, 0.717) is 11.6 Å². The number of para-hydroxylation sites is 1. The minimum atomic E-state index is -0.379. The summed E-state index contributed by atoms with van der Waals surface area (Å²) in [4.78, 5) is 23.9. The molecule has 3 aromatic rings. The first-order chi connectivity index (χ1) is 12.7. The zero-order chi connectivity index (χ0) is 18.2. The SMILES string of the molecule is Nc1c(NNC(=O)COc2ccccc2)ncnc1Nc1ccncc1. The van der Waals surface area contributed by atoms with Gasteiger partial charge in [0, 0.05) is 18.1 Å². The number of nitrogen functional groups attached to an aromatic ring is 1. The molecule has 3 rings (SSSR count). The highest BCUT2D eigenvalue weighted by atomic mass is 16.5. The number of hydrazine groups is 1. The van der Waals surface area contributed by atoms with Crippen molar-refractivity contribution in [2.24, 2.45) is 0 Å². The van der Waals surface area contributed by atoms with Gasteiger partial charge in [0.25, 0.3) is 5.91 Å². The second-order valence-electron chi connectivity index (χ2n) is 5.12. The van der Waals surface area contributed by atoms with Crippen molar-refractivity contribution in [3.8, 4) is 5.75 Å². The van der Waals surface area contributed by atoms with Crippen LogP contribution >= 0.6 is 0 Å². The maximum Gasteiger partial charge on any atom is 0.276 e. The Bertz CT molecular complexity index is 860. The molecule has 0 spiro atoms. The second kappa shape index (κ2) is 8.29. The number of aromatic nitrogens is 3. The van der Waals surface area contributed by atoms with Crippen LogP contribution in [0, 0.1) is 0 Å². The predicted molar refractivity (Wildman–Crippen MR) is 97.7 cm³/mol. The lowest BCUT2D eigenvalue weighted by molar-refractivity contribution is -0.122. The summed E-state index contributed by atoms with van der Waals surface area (Å²) < 4.78 is 5.35. The molecule has 0 aliphatic rings.